The van der Waals surface area contributed by atoms with Gasteiger partial charge in [-0.1, -0.05) is 65.6 Å². The van der Waals surface area contributed by atoms with Gasteiger partial charge < -0.3 is 9.15 Å². The van der Waals surface area contributed by atoms with Crippen molar-refractivity contribution in [2.45, 2.75) is 38.6 Å². The molecule has 4 aromatic rings. The first-order chi connectivity index (χ1) is 16.6. The third-order valence-electron chi connectivity index (χ3n) is 5.85. The Kier molecular flexibility index (Phi) is 6.47. The quantitative estimate of drug-likeness (QED) is 0.251. The molecule has 0 aliphatic carbocycles. The van der Waals surface area contributed by atoms with Crippen molar-refractivity contribution < 1.29 is 13.9 Å². The first kappa shape index (κ1) is 22.7. The van der Waals surface area contributed by atoms with Gasteiger partial charge in [0.2, 0.25) is 10.9 Å². The number of carbonyl (C=O) groups is 1. The van der Waals surface area contributed by atoms with Crippen LogP contribution >= 0.6 is 27.3 Å². The third-order valence-corrected chi connectivity index (χ3v) is 7.03. The highest BCUT2D eigenvalue weighted by atomic mass is 79.9. The fourth-order valence-electron chi connectivity index (χ4n) is 4.20. The van der Waals surface area contributed by atoms with E-state index in [4.69, 9.17) is 9.15 Å². The van der Waals surface area contributed by atoms with Crippen LogP contribution in [0.15, 0.2) is 61.7 Å². The molecule has 7 nitrogen and oxygen atoms in total. The second-order valence-electron chi connectivity index (χ2n) is 8.09. The molecule has 9 heteroatoms. The molecule has 174 valence electrons. The fourth-order valence-corrected chi connectivity index (χ4v) is 5.14. The summed E-state index contributed by atoms with van der Waals surface area (Å²) in [6.07, 6.45) is 4.54. The van der Waals surface area contributed by atoms with Gasteiger partial charge in [0.15, 0.2) is 5.43 Å². The van der Waals surface area contributed by atoms with E-state index in [-0.39, 0.29) is 11.2 Å². The molecule has 0 saturated carbocycles. The fraction of sp³-hybridized carbons (Fsp3) is 0.280. The number of fused-ring (bicyclic) bond motifs is 2. The van der Waals surface area contributed by atoms with Crippen molar-refractivity contribution in [1.82, 2.24) is 10.2 Å². The Morgan fingerprint density at radius 3 is 2.68 bits per heavy atom. The molecule has 1 atom stereocenters. The van der Waals surface area contributed by atoms with E-state index in [1.165, 1.54) is 29.1 Å². The van der Waals surface area contributed by atoms with Gasteiger partial charge in [0.1, 0.15) is 16.8 Å². The Morgan fingerprint density at radius 1 is 1.12 bits per heavy atom. The zero-order valence-electron chi connectivity index (χ0n) is 18.5. The second-order valence-corrected chi connectivity index (χ2v) is 9.82. The van der Waals surface area contributed by atoms with Crippen molar-refractivity contribution in [3.63, 3.8) is 0 Å². The monoisotopic (exact) mass is 539 g/mol. The first-order valence-corrected chi connectivity index (χ1v) is 12.8. The van der Waals surface area contributed by atoms with Crippen molar-refractivity contribution in [2.75, 3.05) is 11.5 Å². The van der Waals surface area contributed by atoms with Gasteiger partial charge in [-0.05, 0) is 42.3 Å². The predicted octanol–water partition coefficient (Wildman–Crippen LogP) is 6.12. The maximum Gasteiger partial charge on any atom is 0.297 e. The Bertz CT molecular complexity index is 1390. The zero-order valence-corrected chi connectivity index (χ0v) is 20.9. The largest absolute Gasteiger partial charge is 0.494 e. The number of rotatable bonds is 8. The smallest absolute Gasteiger partial charge is 0.297 e. The van der Waals surface area contributed by atoms with Crippen molar-refractivity contribution in [3.8, 4) is 5.75 Å². The standard InChI is InChI=1S/C25H22BrN3O4S/c1-2-3-4-5-12-32-17-9-6-15(7-10-17)21-20-22(30)18-13-16(26)8-11-19(18)33-23(20)24(31)29(21)25-28-27-14-34-25/h6-11,13-14,21H,2-5,12H2,1H3. The molecule has 0 spiro atoms. The first-order valence-electron chi connectivity index (χ1n) is 11.2. The molecule has 1 amide bonds. The minimum atomic E-state index is -0.673. The Morgan fingerprint density at radius 2 is 1.94 bits per heavy atom. The molecule has 3 heterocycles. The van der Waals surface area contributed by atoms with Crippen molar-refractivity contribution in [2.24, 2.45) is 0 Å². The summed E-state index contributed by atoms with van der Waals surface area (Å²) in [5, 5.41) is 8.81. The molecule has 2 aromatic heterocycles. The van der Waals surface area contributed by atoms with Crippen LogP contribution in [0.3, 0.4) is 0 Å². The van der Waals surface area contributed by atoms with Gasteiger partial charge in [0, 0.05) is 4.47 Å². The normalized spacial score (nSPS) is 15.2. The van der Waals surface area contributed by atoms with Gasteiger partial charge in [-0.15, -0.1) is 10.2 Å². The average Bonchev–Trinajstić information content (AvgIpc) is 3.47. The highest BCUT2D eigenvalue weighted by Crippen LogP contribution is 2.42. The number of hydrogen-bond donors (Lipinski definition) is 0. The molecule has 34 heavy (non-hydrogen) atoms. The number of ether oxygens (including phenoxy) is 1. The lowest BCUT2D eigenvalue weighted by molar-refractivity contribution is 0.0970. The van der Waals surface area contributed by atoms with E-state index in [1.807, 2.05) is 24.3 Å². The molecule has 1 aliphatic heterocycles. The van der Waals surface area contributed by atoms with Crippen LogP contribution in [0, 0.1) is 0 Å². The summed E-state index contributed by atoms with van der Waals surface area (Å²) in [5.41, 5.74) is 2.76. The molecule has 0 fully saturated rings. The summed E-state index contributed by atoms with van der Waals surface area (Å²) in [5.74, 6) is 0.382. The van der Waals surface area contributed by atoms with E-state index in [2.05, 4.69) is 33.1 Å². The summed E-state index contributed by atoms with van der Waals surface area (Å²) in [6.45, 7) is 2.84. The molecule has 5 rings (SSSR count). The lowest BCUT2D eigenvalue weighted by atomic mass is 9.98. The van der Waals surface area contributed by atoms with Gasteiger partial charge in [-0.3, -0.25) is 14.5 Å². The highest BCUT2D eigenvalue weighted by Gasteiger charge is 2.45. The number of amides is 1. The van der Waals surface area contributed by atoms with Crippen LogP contribution in [0.4, 0.5) is 5.13 Å². The van der Waals surface area contributed by atoms with Crippen LogP contribution in [0.5, 0.6) is 5.75 Å². The van der Waals surface area contributed by atoms with Gasteiger partial charge in [0.05, 0.1) is 23.6 Å². The number of anilines is 1. The Hall–Kier alpha value is -3.04. The number of halogens is 1. The third kappa shape index (κ3) is 4.14. The molecule has 1 aliphatic rings. The lowest BCUT2D eigenvalue weighted by Crippen LogP contribution is -2.29. The van der Waals surface area contributed by atoms with Crippen molar-refractivity contribution >= 4 is 49.3 Å². The molecule has 0 bridgehead atoms. The van der Waals surface area contributed by atoms with Crippen LogP contribution in [-0.4, -0.2) is 22.7 Å². The van der Waals surface area contributed by atoms with Crippen LogP contribution in [0.2, 0.25) is 0 Å². The Labute approximate surface area is 208 Å². The van der Waals surface area contributed by atoms with E-state index in [0.717, 1.165) is 28.6 Å². The van der Waals surface area contributed by atoms with Gasteiger partial charge >= 0.3 is 0 Å². The zero-order chi connectivity index (χ0) is 23.7. The van der Waals surface area contributed by atoms with E-state index >= 15 is 0 Å². The molecular weight excluding hydrogens is 518 g/mol. The second kappa shape index (κ2) is 9.68. The molecule has 0 radical (unpaired) electrons. The highest BCUT2D eigenvalue weighted by molar-refractivity contribution is 9.10. The van der Waals surface area contributed by atoms with Crippen LogP contribution < -0.4 is 15.1 Å². The average molecular weight is 540 g/mol. The SMILES string of the molecule is CCCCCCOc1ccc(C2c3c(oc4ccc(Br)cc4c3=O)C(=O)N2c2nncs2)cc1. The topological polar surface area (TPSA) is 85.5 Å². The number of nitrogens with zero attached hydrogens (tertiary/aromatic N) is 3. The van der Waals surface area contributed by atoms with E-state index < -0.39 is 11.9 Å². The Balaban J connectivity index is 1.55. The van der Waals surface area contributed by atoms with E-state index in [9.17, 15) is 9.59 Å². The summed E-state index contributed by atoms with van der Waals surface area (Å²) in [6, 6.07) is 12.0. The van der Waals surface area contributed by atoms with Crippen LogP contribution in [0.1, 0.15) is 60.3 Å². The number of aromatic nitrogens is 2. The molecule has 0 saturated heterocycles. The van der Waals surface area contributed by atoms with Crippen LogP contribution in [-0.2, 0) is 0 Å². The minimum Gasteiger partial charge on any atom is -0.494 e. The van der Waals surface area contributed by atoms with Gasteiger partial charge in [0.25, 0.3) is 5.91 Å². The molecule has 2 aromatic carbocycles. The number of benzene rings is 2. The van der Waals surface area contributed by atoms with Crippen molar-refractivity contribution in [1.29, 1.82) is 0 Å². The molecule has 1 unspecified atom stereocenters. The summed E-state index contributed by atoms with van der Waals surface area (Å²) in [4.78, 5) is 28.5. The number of unbranched alkanes of at least 4 members (excludes halogenated alkanes) is 3. The predicted molar refractivity (Wildman–Crippen MR) is 135 cm³/mol. The van der Waals surface area contributed by atoms with Crippen molar-refractivity contribution in [3.05, 3.63) is 79.6 Å². The maximum atomic E-state index is 13.6. The lowest BCUT2D eigenvalue weighted by Gasteiger charge is -2.22. The summed E-state index contributed by atoms with van der Waals surface area (Å²) in [7, 11) is 0. The summed E-state index contributed by atoms with van der Waals surface area (Å²) < 4.78 is 12.6. The number of carbonyl (C=O) groups excluding carboxylic acids is 1. The molecule has 0 N–H and O–H groups in total. The van der Waals surface area contributed by atoms with Gasteiger partial charge in [-0.2, -0.15) is 0 Å². The maximum absolute atomic E-state index is 13.6. The van der Waals surface area contributed by atoms with E-state index in [1.54, 1.807) is 23.7 Å². The molecular formula is C25H22BrN3O4S. The van der Waals surface area contributed by atoms with Crippen LogP contribution in [0.25, 0.3) is 11.0 Å². The summed E-state index contributed by atoms with van der Waals surface area (Å²) >= 11 is 4.65. The van der Waals surface area contributed by atoms with E-state index in [0.29, 0.717) is 28.3 Å². The number of hydrogen-bond acceptors (Lipinski definition) is 7. The minimum absolute atomic E-state index is 0.0382. The van der Waals surface area contributed by atoms with Gasteiger partial charge in [-0.25, -0.2) is 0 Å².